The second kappa shape index (κ2) is 7.71. The fourth-order valence-electron chi connectivity index (χ4n) is 1.40. The van der Waals surface area contributed by atoms with Gasteiger partial charge in [0.1, 0.15) is 6.61 Å². The van der Waals surface area contributed by atoms with E-state index >= 15 is 0 Å². The maximum Gasteiger partial charge on any atom is 0.338 e. The average molecular weight is 250 g/mol. The van der Waals surface area contributed by atoms with Crippen molar-refractivity contribution in [2.75, 3.05) is 39.1 Å². The van der Waals surface area contributed by atoms with Gasteiger partial charge in [0.05, 0.1) is 5.56 Å². The first-order valence-corrected chi connectivity index (χ1v) is 6.29. The van der Waals surface area contributed by atoms with Crippen molar-refractivity contribution in [2.24, 2.45) is 0 Å². The van der Waals surface area contributed by atoms with Gasteiger partial charge in [-0.05, 0) is 44.8 Å². The highest BCUT2D eigenvalue weighted by atomic mass is 16.5. The van der Waals surface area contributed by atoms with Crippen LogP contribution in [-0.2, 0) is 4.74 Å². The number of nitrogens with zero attached hydrogens (tertiary/aromatic N) is 1. The molecule has 0 spiro atoms. The number of carbonyl (C=O) groups is 1. The maximum absolute atomic E-state index is 11.7. The molecule has 1 aromatic carbocycles. The molecule has 0 aromatic heterocycles. The molecular formula is C14H22N2O2. The summed E-state index contributed by atoms with van der Waals surface area (Å²) in [4.78, 5) is 13.7. The first-order valence-electron chi connectivity index (χ1n) is 6.29. The number of esters is 1. The van der Waals surface area contributed by atoms with Crippen LogP contribution in [0.3, 0.4) is 0 Å². The summed E-state index contributed by atoms with van der Waals surface area (Å²) in [6.07, 6.45) is 1.08. The van der Waals surface area contributed by atoms with Crippen molar-refractivity contribution in [3.8, 4) is 0 Å². The summed E-state index contributed by atoms with van der Waals surface area (Å²) in [5, 5.41) is 3.26. The van der Waals surface area contributed by atoms with Crippen LogP contribution in [0.4, 0.5) is 5.69 Å². The van der Waals surface area contributed by atoms with Crippen LogP contribution in [0.2, 0.25) is 0 Å². The topological polar surface area (TPSA) is 41.6 Å². The Morgan fingerprint density at radius 2 is 1.94 bits per heavy atom. The number of benzene rings is 1. The molecule has 0 atom stereocenters. The molecule has 0 aliphatic heterocycles. The highest BCUT2D eigenvalue weighted by Gasteiger charge is 2.06. The maximum atomic E-state index is 11.7. The lowest BCUT2D eigenvalue weighted by molar-refractivity contribution is 0.0482. The first-order chi connectivity index (χ1) is 8.63. The van der Waals surface area contributed by atoms with E-state index in [9.17, 15) is 4.79 Å². The van der Waals surface area contributed by atoms with Gasteiger partial charge in [-0.3, -0.25) is 0 Å². The summed E-state index contributed by atoms with van der Waals surface area (Å²) in [5.74, 6) is -0.265. The number of anilines is 1. The van der Waals surface area contributed by atoms with Crippen molar-refractivity contribution in [1.29, 1.82) is 0 Å². The molecule has 0 fully saturated rings. The number of rotatable bonds is 7. The summed E-state index contributed by atoms with van der Waals surface area (Å²) in [6.45, 7) is 4.21. The van der Waals surface area contributed by atoms with Gasteiger partial charge in [0.15, 0.2) is 0 Å². The first kappa shape index (κ1) is 14.5. The molecule has 0 saturated heterocycles. The van der Waals surface area contributed by atoms with E-state index in [-0.39, 0.29) is 5.97 Å². The monoisotopic (exact) mass is 250 g/mol. The standard InChI is InChI=1S/C14H22N2O2/c1-4-9-15-13-7-5-12(6-8-13)14(17)18-11-10-16(2)3/h5-8,15H,4,9-11H2,1-3H3. The van der Waals surface area contributed by atoms with Crippen LogP contribution in [0.15, 0.2) is 24.3 Å². The van der Waals surface area contributed by atoms with Gasteiger partial charge in [0.25, 0.3) is 0 Å². The molecule has 0 radical (unpaired) electrons. The minimum absolute atomic E-state index is 0.265. The lowest BCUT2D eigenvalue weighted by atomic mass is 10.2. The molecule has 0 unspecified atom stereocenters. The summed E-state index contributed by atoms with van der Waals surface area (Å²) in [7, 11) is 3.89. The number of nitrogens with one attached hydrogen (secondary N) is 1. The van der Waals surface area contributed by atoms with Crippen LogP contribution < -0.4 is 5.32 Å². The van der Waals surface area contributed by atoms with Gasteiger partial charge in [0.2, 0.25) is 0 Å². The molecule has 0 saturated carbocycles. The van der Waals surface area contributed by atoms with Crippen molar-refractivity contribution in [3.63, 3.8) is 0 Å². The van der Waals surface area contributed by atoms with Crippen LogP contribution in [0.5, 0.6) is 0 Å². The predicted octanol–water partition coefficient (Wildman–Crippen LogP) is 2.23. The highest BCUT2D eigenvalue weighted by Crippen LogP contribution is 2.10. The molecule has 4 nitrogen and oxygen atoms in total. The average Bonchev–Trinajstić information content (AvgIpc) is 2.36. The largest absolute Gasteiger partial charge is 0.461 e. The molecule has 1 rings (SSSR count). The Labute approximate surface area is 109 Å². The Bertz CT molecular complexity index is 361. The zero-order valence-corrected chi connectivity index (χ0v) is 11.4. The van der Waals surface area contributed by atoms with Crippen LogP contribution >= 0.6 is 0 Å². The van der Waals surface area contributed by atoms with Crippen molar-refractivity contribution in [1.82, 2.24) is 4.90 Å². The predicted molar refractivity (Wildman–Crippen MR) is 74.1 cm³/mol. The summed E-state index contributed by atoms with van der Waals surface area (Å²) < 4.78 is 5.16. The minimum atomic E-state index is -0.265. The molecule has 0 aliphatic rings. The van der Waals surface area contributed by atoms with Crippen LogP contribution in [-0.4, -0.2) is 44.7 Å². The van der Waals surface area contributed by atoms with Gasteiger partial charge < -0.3 is 15.0 Å². The third kappa shape index (κ3) is 5.19. The van der Waals surface area contributed by atoms with Gasteiger partial charge in [-0.25, -0.2) is 4.79 Å². The molecule has 0 bridgehead atoms. The van der Waals surface area contributed by atoms with Crippen LogP contribution in [0.25, 0.3) is 0 Å². The Hall–Kier alpha value is -1.55. The van der Waals surface area contributed by atoms with Gasteiger partial charge in [-0.15, -0.1) is 0 Å². The molecule has 4 heteroatoms. The smallest absolute Gasteiger partial charge is 0.338 e. The Morgan fingerprint density at radius 1 is 1.28 bits per heavy atom. The van der Waals surface area contributed by atoms with Crippen molar-refractivity contribution in [3.05, 3.63) is 29.8 Å². The zero-order valence-electron chi connectivity index (χ0n) is 11.4. The molecule has 1 N–H and O–H groups in total. The second-order valence-corrected chi connectivity index (χ2v) is 4.44. The summed E-state index contributed by atoms with van der Waals surface area (Å²) in [5.41, 5.74) is 1.62. The fourth-order valence-corrected chi connectivity index (χ4v) is 1.40. The Kier molecular flexibility index (Phi) is 6.22. The number of ether oxygens (including phenoxy) is 1. The van der Waals surface area contributed by atoms with E-state index in [0.717, 1.165) is 25.2 Å². The van der Waals surface area contributed by atoms with E-state index in [2.05, 4.69) is 12.2 Å². The fraction of sp³-hybridized carbons (Fsp3) is 0.500. The van der Waals surface area contributed by atoms with E-state index in [1.54, 1.807) is 12.1 Å². The molecule has 18 heavy (non-hydrogen) atoms. The zero-order chi connectivity index (χ0) is 13.4. The summed E-state index contributed by atoms with van der Waals surface area (Å²) in [6, 6.07) is 7.38. The molecular weight excluding hydrogens is 228 g/mol. The lowest BCUT2D eigenvalue weighted by Crippen LogP contribution is -2.20. The second-order valence-electron chi connectivity index (χ2n) is 4.44. The van der Waals surface area contributed by atoms with Crippen LogP contribution in [0.1, 0.15) is 23.7 Å². The summed E-state index contributed by atoms with van der Waals surface area (Å²) >= 11 is 0. The molecule has 100 valence electrons. The third-order valence-corrected chi connectivity index (χ3v) is 2.47. The van der Waals surface area contributed by atoms with Crippen molar-refractivity contribution >= 4 is 11.7 Å². The molecule has 0 heterocycles. The van der Waals surface area contributed by atoms with E-state index in [1.807, 2.05) is 31.1 Å². The quantitative estimate of drug-likeness (QED) is 0.753. The van der Waals surface area contributed by atoms with E-state index < -0.39 is 0 Å². The molecule has 0 amide bonds. The van der Waals surface area contributed by atoms with E-state index in [4.69, 9.17) is 4.74 Å². The minimum Gasteiger partial charge on any atom is -0.461 e. The van der Waals surface area contributed by atoms with Gasteiger partial charge in [0, 0.05) is 18.8 Å². The highest BCUT2D eigenvalue weighted by molar-refractivity contribution is 5.89. The number of hydrogen-bond acceptors (Lipinski definition) is 4. The van der Waals surface area contributed by atoms with E-state index in [0.29, 0.717) is 12.2 Å². The normalized spacial score (nSPS) is 10.4. The Balaban J connectivity index is 2.43. The number of likely N-dealkylation sites (N-methyl/N-ethyl adjacent to an activating group) is 1. The number of hydrogen-bond donors (Lipinski definition) is 1. The van der Waals surface area contributed by atoms with Crippen LogP contribution in [0, 0.1) is 0 Å². The SMILES string of the molecule is CCCNc1ccc(C(=O)OCCN(C)C)cc1. The van der Waals surface area contributed by atoms with Crippen molar-refractivity contribution < 1.29 is 9.53 Å². The third-order valence-electron chi connectivity index (χ3n) is 2.47. The molecule has 0 aliphatic carbocycles. The van der Waals surface area contributed by atoms with Crippen molar-refractivity contribution in [2.45, 2.75) is 13.3 Å². The molecule has 1 aromatic rings. The van der Waals surface area contributed by atoms with E-state index in [1.165, 1.54) is 0 Å². The van der Waals surface area contributed by atoms with Gasteiger partial charge in [-0.2, -0.15) is 0 Å². The Morgan fingerprint density at radius 3 is 2.50 bits per heavy atom. The van der Waals surface area contributed by atoms with Gasteiger partial charge >= 0.3 is 5.97 Å². The lowest BCUT2D eigenvalue weighted by Gasteiger charge is -2.10. The van der Waals surface area contributed by atoms with Gasteiger partial charge in [-0.1, -0.05) is 6.92 Å². The number of carbonyl (C=O) groups excluding carboxylic acids is 1.